The second kappa shape index (κ2) is 7.60. The van der Waals surface area contributed by atoms with Crippen LogP contribution in [-0.4, -0.2) is 0 Å². The summed E-state index contributed by atoms with van der Waals surface area (Å²) in [4.78, 5) is 0. The van der Waals surface area contributed by atoms with Gasteiger partial charge in [0.1, 0.15) is 0 Å². The van der Waals surface area contributed by atoms with E-state index in [9.17, 15) is 0 Å². The molecule has 0 aromatic carbocycles. The maximum atomic E-state index is 2.26. The second-order valence-corrected chi connectivity index (χ2v) is 3.19. The van der Waals surface area contributed by atoms with E-state index in [1.54, 1.807) is 0 Å². The molecule has 0 nitrogen and oxygen atoms in total. The molecule has 0 spiro atoms. The number of allylic oxidation sites excluding steroid dienone is 8. The van der Waals surface area contributed by atoms with E-state index in [1.807, 2.05) is 0 Å². The first-order valence-corrected chi connectivity index (χ1v) is 5.12. The largest absolute Gasteiger partial charge is 0.0879 e. The van der Waals surface area contributed by atoms with Crippen LogP contribution in [0.2, 0.25) is 0 Å². The van der Waals surface area contributed by atoms with E-state index < -0.39 is 0 Å². The SMILES string of the molecule is C1=CCC/C=C\C/C=C\CC/C=C\1. The predicted octanol–water partition coefficient (Wildman–Crippen LogP) is 4.18. The summed E-state index contributed by atoms with van der Waals surface area (Å²) in [6.07, 6.45) is 23.5. The summed E-state index contributed by atoms with van der Waals surface area (Å²) in [5.41, 5.74) is 0. The number of hydrogen-bond acceptors (Lipinski definition) is 0. The highest BCUT2D eigenvalue weighted by molar-refractivity contribution is 5.04. The minimum Gasteiger partial charge on any atom is -0.0879 e. The van der Waals surface area contributed by atoms with Crippen molar-refractivity contribution < 1.29 is 0 Å². The van der Waals surface area contributed by atoms with Crippen molar-refractivity contribution in [2.45, 2.75) is 32.1 Å². The topological polar surface area (TPSA) is 0 Å². The fraction of sp³-hybridized carbons (Fsp3) is 0.385. The van der Waals surface area contributed by atoms with Gasteiger partial charge in [0.15, 0.2) is 0 Å². The van der Waals surface area contributed by atoms with Crippen LogP contribution >= 0.6 is 0 Å². The minimum atomic E-state index is 1.09. The molecule has 0 bridgehead atoms. The highest BCUT2D eigenvalue weighted by Crippen LogP contribution is 1.99. The maximum Gasteiger partial charge on any atom is -0.0169 e. The highest BCUT2D eigenvalue weighted by atomic mass is 13.9. The van der Waals surface area contributed by atoms with Gasteiger partial charge in [-0.2, -0.15) is 0 Å². The van der Waals surface area contributed by atoms with Crippen molar-refractivity contribution in [3.05, 3.63) is 48.6 Å². The lowest BCUT2D eigenvalue weighted by molar-refractivity contribution is 1.04. The van der Waals surface area contributed by atoms with Crippen LogP contribution in [0.3, 0.4) is 0 Å². The van der Waals surface area contributed by atoms with Gasteiger partial charge in [0, 0.05) is 0 Å². The molecular formula is C13H18. The standard InChI is InChI=1S/C13H18/c1-2-4-6-8-10-12-13-11-9-7-5-3-1/h1-4,9-12H,5-8,13H2/b3-1-,4-2?,11-9-,12-10-. The van der Waals surface area contributed by atoms with Gasteiger partial charge >= 0.3 is 0 Å². The Morgan fingerprint density at radius 3 is 1.46 bits per heavy atom. The maximum absolute atomic E-state index is 2.26. The van der Waals surface area contributed by atoms with Crippen molar-refractivity contribution in [2.75, 3.05) is 0 Å². The Morgan fingerprint density at radius 2 is 0.923 bits per heavy atom. The van der Waals surface area contributed by atoms with Crippen LogP contribution in [0.15, 0.2) is 48.6 Å². The smallest absolute Gasteiger partial charge is 0.0169 e. The van der Waals surface area contributed by atoms with Crippen LogP contribution in [0.25, 0.3) is 0 Å². The van der Waals surface area contributed by atoms with Crippen LogP contribution in [0.1, 0.15) is 32.1 Å². The summed E-state index contributed by atoms with van der Waals surface area (Å²) in [5.74, 6) is 0. The molecule has 0 aromatic heterocycles. The van der Waals surface area contributed by atoms with Gasteiger partial charge in [-0.05, 0) is 32.1 Å². The van der Waals surface area contributed by atoms with E-state index in [2.05, 4.69) is 48.6 Å². The van der Waals surface area contributed by atoms with Gasteiger partial charge < -0.3 is 0 Å². The first-order chi connectivity index (χ1) is 6.50. The lowest BCUT2D eigenvalue weighted by Crippen LogP contribution is -1.64. The summed E-state index contributed by atoms with van der Waals surface area (Å²) >= 11 is 0. The van der Waals surface area contributed by atoms with Gasteiger partial charge in [0.05, 0.1) is 0 Å². The molecule has 0 fully saturated rings. The van der Waals surface area contributed by atoms with Crippen molar-refractivity contribution in [3.8, 4) is 0 Å². The number of hydrogen-bond donors (Lipinski definition) is 0. The first kappa shape index (κ1) is 10.0. The molecule has 1 aliphatic carbocycles. The van der Waals surface area contributed by atoms with E-state index >= 15 is 0 Å². The summed E-state index contributed by atoms with van der Waals surface area (Å²) in [5, 5.41) is 0. The van der Waals surface area contributed by atoms with E-state index in [0.717, 1.165) is 32.1 Å². The highest BCUT2D eigenvalue weighted by Gasteiger charge is 1.79. The average molecular weight is 174 g/mol. The molecule has 0 unspecified atom stereocenters. The van der Waals surface area contributed by atoms with Crippen molar-refractivity contribution in [3.63, 3.8) is 0 Å². The summed E-state index contributed by atoms with van der Waals surface area (Å²) in [6, 6.07) is 0. The molecule has 70 valence electrons. The Hall–Kier alpha value is -1.04. The Balaban J connectivity index is 2.38. The Morgan fingerprint density at radius 1 is 0.462 bits per heavy atom. The first-order valence-electron chi connectivity index (χ1n) is 5.12. The molecule has 1 rings (SSSR count). The van der Waals surface area contributed by atoms with Crippen molar-refractivity contribution in [2.24, 2.45) is 0 Å². The zero-order valence-electron chi connectivity index (χ0n) is 8.15. The molecule has 0 radical (unpaired) electrons. The molecule has 0 N–H and O–H groups in total. The average Bonchev–Trinajstić information content (AvgIpc) is 2.18. The van der Waals surface area contributed by atoms with Gasteiger partial charge in [0.2, 0.25) is 0 Å². The Labute approximate surface area is 81.4 Å². The molecule has 0 heteroatoms. The van der Waals surface area contributed by atoms with Crippen LogP contribution in [0.4, 0.5) is 0 Å². The Bertz CT molecular complexity index is 192. The van der Waals surface area contributed by atoms with Crippen LogP contribution in [0.5, 0.6) is 0 Å². The predicted molar refractivity (Wildman–Crippen MR) is 59.6 cm³/mol. The molecule has 0 heterocycles. The van der Waals surface area contributed by atoms with Crippen LogP contribution in [-0.2, 0) is 0 Å². The summed E-state index contributed by atoms with van der Waals surface area (Å²) in [6.45, 7) is 0. The van der Waals surface area contributed by atoms with Gasteiger partial charge in [0.25, 0.3) is 0 Å². The lowest BCUT2D eigenvalue weighted by Gasteiger charge is -1.85. The minimum absolute atomic E-state index is 1.09. The fourth-order valence-corrected chi connectivity index (χ4v) is 1.24. The van der Waals surface area contributed by atoms with Gasteiger partial charge in [-0.3, -0.25) is 0 Å². The molecule has 13 heavy (non-hydrogen) atoms. The fourth-order valence-electron chi connectivity index (χ4n) is 1.24. The quantitative estimate of drug-likeness (QED) is 0.483. The molecule has 1 aliphatic rings. The molecule has 0 saturated carbocycles. The Kier molecular flexibility index (Phi) is 5.87. The van der Waals surface area contributed by atoms with Gasteiger partial charge in [-0.15, -0.1) is 0 Å². The third-order valence-electron chi connectivity index (χ3n) is 1.99. The molecule has 0 amide bonds. The molecule has 0 aliphatic heterocycles. The zero-order chi connectivity index (χ0) is 9.19. The van der Waals surface area contributed by atoms with Crippen molar-refractivity contribution >= 4 is 0 Å². The van der Waals surface area contributed by atoms with Crippen LogP contribution in [0, 0.1) is 0 Å². The zero-order valence-corrected chi connectivity index (χ0v) is 8.15. The molecule has 0 aromatic rings. The van der Waals surface area contributed by atoms with E-state index in [0.29, 0.717) is 0 Å². The van der Waals surface area contributed by atoms with E-state index in [-0.39, 0.29) is 0 Å². The number of rotatable bonds is 0. The van der Waals surface area contributed by atoms with Crippen molar-refractivity contribution in [1.29, 1.82) is 0 Å². The normalized spacial score (nSPS) is 26.5. The van der Waals surface area contributed by atoms with Gasteiger partial charge in [-0.25, -0.2) is 0 Å². The second-order valence-electron chi connectivity index (χ2n) is 3.19. The van der Waals surface area contributed by atoms with Gasteiger partial charge in [-0.1, -0.05) is 48.6 Å². The lowest BCUT2D eigenvalue weighted by atomic mass is 10.2. The molecular weight excluding hydrogens is 156 g/mol. The monoisotopic (exact) mass is 174 g/mol. The summed E-state index contributed by atoms with van der Waals surface area (Å²) in [7, 11) is 0. The molecule has 0 atom stereocenters. The van der Waals surface area contributed by atoms with Crippen molar-refractivity contribution in [1.82, 2.24) is 0 Å². The van der Waals surface area contributed by atoms with E-state index in [4.69, 9.17) is 0 Å². The third kappa shape index (κ3) is 6.15. The van der Waals surface area contributed by atoms with E-state index in [1.165, 1.54) is 0 Å². The molecule has 0 saturated heterocycles. The van der Waals surface area contributed by atoms with Crippen LogP contribution < -0.4 is 0 Å². The third-order valence-corrected chi connectivity index (χ3v) is 1.99. The summed E-state index contributed by atoms with van der Waals surface area (Å²) < 4.78 is 0.